The molecular formula is C15H20N4O2. The second-order valence-corrected chi connectivity index (χ2v) is 5.29. The number of aromatic amines is 1. The van der Waals surface area contributed by atoms with E-state index in [0.29, 0.717) is 12.1 Å². The van der Waals surface area contributed by atoms with E-state index in [1.807, 2.05) is 39.1 Å². The van der Waals surface area contributed by atoms with Gasteiger partial charge in [0.05, 0.1) is 12.5 Å². The first-order chi connectivity index (χ1) is 9.97. The van der Waals surface area contributed by atoms with Crippen molar-refractivity contribution in [3.05, 3.63) is 51.7 Å². The summed E-state index contributed by atoms with van der Waals surface area (Å²) in [6.07, 6.45) is 3.50. The fourth-order valence-corrected chi connectivity index (χ4v) is 2.22. The Bertz CT molecular complexity index is 673. The number of carbonyl (C=O) groups excluding carboxylic acids is 1. The second-order valence-electron chi connectivity index (χ2n) is 5.29. The van der Waals surface area contributed by atoms with Crippen molar-refractivity contribution in [1.29, 1.82) is 0 Å². The molecule has 6 nitrogen and oxygen atoms in total. The number of amides is 1. The number of pyridine rings is 1. The van der Waals surface area contributed by atoms with Crippen LogP contribution in [0.4, 0.5) is 0 Å². The highest BCUT2D eigenvalue weighted by atomic mass is 16.2. The number of aryl methyl sites for hydroxylation is 2. The molecule has 0 aliphatic rings. The van der Waals surface area contributed by atoms with Gasteiger partial charge in [0.2, 0.25) is 5.91 Å². The number of nitrogens with zero attached hydrogens (tertiary/aromatic N) is 2. The van der Waals surface area contributed by atoms with E-state index in [0.717, 1.165) is 11.3 Å². The Hall–Kier alpha value is -2.37. The summed E-state index contributed by atoms with van der Waals surface area (Å²) in [7, 11) is 0. The standard InChI is InChI=1S/C15H20N4O2/c1-10-7-12(3)18-15(21)13(10)8-16-14(20)11(2)9-19-6-4-5-17-19/h4-7,11H,8-9H2,1-3H3,(H,16,20)(H,18,21)/t11-/m1/s1. The number of H-pyrrole nitrogens is 1. The topological polar surface area (TPSA) is 79.8 Å². The Balaban J connectivity index is 1.96. The van der Waals surface area contributed by atoms with Crippen LogP contribution in [0, 0.1) is 19.8 Å². The summed E-state index contributed by atoms with van der Waals surface area (Å²) in [5.74, 6) is -0.306. The van der Waals surface area contributed by atoms with Crippen LogP contribution in [-0.4, -0.2) is 20.7 Å². The number of rotatable bonds is 5. The van der Waals surface area contributed by atoms with E-state index < -0.39 is 0 Å². The van der Waals surface area contributed by atoms with Gasteiger partial charge in [-0.15, -0.1) is 0 Å². The third-order valence-electron chi connectivity index (χ3n) is 3.40. The van der Waals surface area contributed by atoms with Gasteiger partial charge in [-0.05, 0) is 31.5 Å². The molecule has 0 saturated carbocycles. The molecule has 0 aliphatic carbocycles. The Morgan fingerprint density at radius 2 is 2.24 bits per heavy atom. The van der Waals surface area contributed by atoms with Crippen molar-refractivity contribution in [1.82, 2.24) is 20.1 Å². The Morgan fingerprint density at radius 3 is 2.86 bits per heavy atom. The van der Waals surface area contributed by atoms with Crippen molar-refractivity contribution in [2.45, 2.75) is 33.9 Å². The lowest BCUT2D eigenvalue weighted by Crippen LogP contribution is -2.33. The van der Waals surface area contributed by atoms with Crippen LogP contribution < -0.4 is 10.9 Å². The zero-order valence-electron chi connectivity index (χ0n) is 12.5. The van der Waals surface area contributed by atoms with Crippen molar-refractivity contribution in [2.24, 2.45) is 5.92 Å². The van der Waals surface area contributed by atoms with Crippen molar-refractivity contribution >= 4 is 5.91 Å². The van der Waals surface area contributed by atoms with Crippen LogP contribution in [0.25, 0.3) is 0 Å². The van der Waals surface area contributed by atoms with Crippen molar-refractivity contribution in [2.75, 3.05) is 0 Å². The molecule has 2 heterocycles. The third kappa shape index (κ3) is 3.81. The molecular weight excluding hydrogens is 268 g/mol. The highest BCUT2D eigenvalue weighted by Gasteiger charge is 2.14. The number of hydrogen-bond donors (Lipinski definition) is 2. The number of aromatic nitrogens is 3. The molecule has 0 aliphatic heterocycles. The van der Waals surface area contributed by atoms with Crippen molar-refractivity contribution < 1.29 is 4.79 Å². The lowest BCUT2D eigenvalue weighted by atomic mass is 10.1. The van der Waals surface area contributed by atoms with Crippen LogP contribution in [0.3, 0.4) is 0 Å². The van der Waals surface area contributed by atoms with Crippen LogP contribution in [-0.2, 0) is 17.9 Å². The Labute approximate surface area is 123 Å². The molecule has 0 radical (unpaired) electrons. The summed E-state index contributed by atoms with van der Waals surface area (Å²) in [4.78, 5) is 26.7. The molecule has 2 aromatic heterocycles. The Morgan fingerprint density at radius 1 is 1.48 bits per heavy atom. The van der Waals surface area contributed by atoms with Gasteiger partial charge in [0.1, 0.15) is 0 Å². The highest BCUT2D eigenvalue weighted by molar-refractivity contribution is 5.78. The first-order valence-electron chi connectivity index (χ1n) is 6.92. The molecule has 0 fully saturated rings. The van der Waals surface area contributed by atoms with E-state index >= 15 is 0 Å². The summed E-state index contributed by atoms with van der Waals surface area (Å²) in [5, 5.41) is 6.89. The zero-order valence-corrected chi connectivity index (χ0v) is 12.5. The molecule has 2 aromatic rings. The fourth-order valence-electron chi connectivity index (χ4n) is 2.22. The van der Waals surface area contributed by atoms with Gasteiger partial charge in [0.15, 0.2) is 0 Å². The molecule has 0 spiro atoms. The second kappa shape index (κ2) is 6.39. The summed E-state index contributed by atoms with van der Waals surface area (Å²) < 4.78 is 1.72. The van der Waals surface area contributed by atoms with Crippen LogP contribution >= 0.6 is 0 Å². The fraction of sp³-hybridized carbons (Fsp3) is 0.400. The van der Waals surface area contributed by atoms with E-state index in [-0.39, 0.29) is 23.9 Å². The quantitative estimate of drug-likeness (QED) is 0.866. The van der Waals surface area contributed by atoms with Crippen LogP contribution in [0.5, 0.6) is 0 Å². The lowest BCUT2D eigenvalue weighted by molar-refractivity contribution is -0.125. The SMILES string of the molecule is Cc1cc(C)c(CNC(=O)[C@H](C)Cn2cccn2)c(=O)[nH]1. The largest absolute Gasteiger partial charge is 0.352 e. The average molecular weight is 288 g/mol. The van der Waals surface area contributed by atoms with E-state index in [1.165, 1.54) is 0 Å². The average Bonchev–Trinajstić information content (AvgIpc) is 2.89. The molecule has 2 N–H and O–H groups in total. The van der Waals surface area contributed by atoms with Crippen LogP contribution in [0.1, 0.15) is 23.7 Å². The molecule has 1 amide bonds. The van der Waals surface area contributed by atoms with Gasteiger partial charge in [-0.2, -0.15) is 5.10 Å². The normalized spacial score (nSPS) is 12.1. The zero-order chi connectivity index (χ0) is 15.4. The van der Waals surface area contributed by atoms with Gasteiger partial charge < -0.3 is 10.3 Å². The lowest BCUT2D eigenvalue weighted by Gasteiger charge is -2.13. The highest BCUT2D eigenvalue weighted by Crippen LogP contribution is 2.05. The van der Waals surface area contributed by atoms with Crippen molar-refractivity contribution in [3.63, 3.8) is 0 Å². The van der Waals surface area contributed by atoms with E-state index in [9.17, 15) is 9.59 Å². The van der Waals surface area contributed by atoms with Crippen molar-refractivity contribution in [3.8, 4) is 0 Å². The van der Waals surface area contributed by atoms with Gasteiger partial charge in [-0.3, -0.25) is 14.3 Å². The molecule has 0 saturated heterocycles. The molecule has 21 heavy (non-hydrogen) atoms. The Kier molecular flexibility index (Phi) is 4.57. The van der Waals surface area contributed by atoms with Gasteiger partial charge in [-0.25, -0.2) is 0 Å². The molecule has 2 rings (SSSR count). The van der Waals surface area contributed by atoms with E-state index in [2.05, 4.69) is 15.4 Å². The third-order valence-corrected chi connectivity index (χ3v) is 3.40. The minimum Gasteiger partial charge on any atom is -0.352 e. The molecule has 112 valence electrons. The predicted molar refractivity (Wildman–Crippen MR) is 79.8 cm³/mol. The van der Waals surface area contributed by atoms with Gasteiger partial charge in [0, 0.05) is 30.2 Å². The first kappa shape index (κ1) is 15.0. The summed E-state index contributed by atoms with van der Waals surface area (Å²) in [5.41, 5.74) is 2.16. The van der Waals surface area contributed by atoms with Gasteiger partial charge in [-0.1, -0.05) is 6.92 Å². The van der Waals surface area contributed by atoms with Gasteiger partial charge in [0.25, 0.3) is 5.56 Å². The monoisotopic (exact) mass is 288 g/mol. The minimum absolute atomic E-state index is 0.0927. The first-order valence-corrected chi connectivity index (χ1v) is 6.92. The predicted octanol–water partition coefficient (Wildman–Crippen LogP) is 1.14. The smallest absolute Gasteiger partial charge is 0.253 e. The number of hydrogen-bond acceptors (Lipinski definition) is 3. The molecule has 1 atom stereocenters. The number of carbonyl (C=O) groups is 1. The minimum atomic E-state index is -0.213. The van der Waals surface area contributed by atoms with Gasteiger partial charge >= 0.3 is 0 Å². The molecule has 0 bridgehead atoms. The summed E-state index contributed by atoms with van der Waals surface area (Å²) >= 11 is 0. The maximum atomic E-state index is 12.1. The number of nitrogens with one attached hydrogen (secondary N) is 2. The van der Waals surface area contributed by atoms with E-state index in [4.69, 9.17) is 0 Å². The summed E-state index contributed by atoms with van der Waals surface area (Å²) in [6.45, 7) is 6.30. The molecule has 0 aromatic carbocycles. The maximum absolute atomic E-state index is 12.1. The van der Waals surface area contributed by atoms with Crippen LogP contribution in [0.2, 0.25) is 0 Å². The van der Waals surface area contributed by atoms with Crippen LogP contribution in [0.15, 0.2) is 29.3 Å². The van der Waals surface area contributed by atoms with E-state index in [1.54, 1.807) is 10.9 Å². The maximum Gasteiger partial charge on any atom is 0.253 e. The summed E-state index contributed by atoms with van der Waals surface area (Å²) in [6, 6.07) is 3.72. The molecule has 6 heteroatoms. The molecule has 0 unspecified atom stereocenters.